The van der Waals surface area contributed by atoms with Gasteiger partial charge in [0.25, 0.3) is 0 Å². The van der Waals surface area contributed by atoms with Crippen LogP contribution >= 0.6 is 0 Å². The Labute approximate surface area is 226 Å². The van der Waals surface area contributed by atoms with Gasteiger partial charge in [-0.25, -0.2) is 0 Å². The maximum Gasteiger partial charge on any atom is -1.00 e. The normalized spacial score (nSPS) is 24.0. The van der Waals surface area contributed by atoms with E-state index in [9.17, 15) is 0 Å². The molecule has 4 aliphatic carbocycles. The minimum Gasteiger partial charge on any atom is -1.00 e. The smallest absolute Gasteiger partial charge is 1.00 e. The average Bonchev–Trinajstić information content (AvgIpc) is 3.44. The summed E-state index contributed by atoms with van der Waals surface area (Å²) in [5, 5.41) is 0. The van der Waals surface area contributed by atoms with E-state index < -0.39 is 21.3 Å². The van der Waals surface area contributed by atoms with Crippen LogP contribution in [0.15, 0.2) is 60.7 Å². The Morgan fingerprint density at radius 1 is 0.559 bits per heavy atom. The number of halogens is 2. The van der Waals surface area contributed by atoms with E-state index in [4.69, 9.17) is 4.21 Å². The fourth-order valence-corrected chi connectivity index (χ4v) is 13.2. The van der Waals surface area contributed by atoms with Crippen LogP contribution in [0.25, 0.3) is 11.1 Å². The number of hydrogen-bond donors (Lipinski definition) is 0. The molecule has 0 radical (unpaired) electrons. The molecule has 0 spiro atoms. The zero-order chi connectivity index (χ0) is 21.5. The van der Waals surface area contributed by atoms with Crippen LogP contribution in [0.4, 0.5) is 0 Å². The zero-order valence-electron chi connectivity index (χ0n) is 20.1. The Hall–Kier alpha value is -0.747. The molecule has 178 valence electrons. The molecule has 34 heavy (non-hydrogen) atoms. The molecule has 0 heterocycles. The molecule has 2 unspecified atom stereocenters. The van der Waals surface area contributed by atoms with Crippen LogP contribution in [-0.4, -0.2) is 4.21 Å². The molecule has 0 bridgehead atoms. The van der Waals surface area contributed by atoms with E-state index in [1.54, 1.807) is 33.4 Å². The summed E-state index contributed by atoms with van der Waals surface area (Å²) in [7, 11) is 0. The molecule has 0 saturated heterocycles. The van der Waals surface area contributed by atoms with Crippen LogP contribution in [-0.2, 0) is 21.3 Å². The molecule has 3 heteroatoms. The Kier molecular flexibility index (Phi) is 8.93. The van der Waals surface area contributed by atoms with Crippen LogP contribution in [0.1, 0.15) is 93.7 Å². The summed E-state index contributed by atoms with van der Waals surface area (Å²) in [4.78, 5) is 0. The molecule has 4 aliphatic rings. The van der Waals surface area contributed by atoms with Gasteiger partial charge in [-0.1, -0.05) is 0 Å². The van der Waals surface area contributed by atoms with Crippen LogP contribution in [0.5, 0.6) is 0 Å². The molecule has 0 N–H and O–H groups in total. The second-order valence-corrected chi connectivity index (χ2v) is 16.5. The van der Waals surface area contributed by atoms with Crippen molar-refractivity contribution in [3.05, 3.63) is 82.9 Å². The van der Waals surface area contributed by atoms with Gasteiger partial charge < -0.3 is 24.8 Å². The Morgan fingerprint density at radius 3 is 1.35 bits per heavy atom. The van der Waals surface area contributed by atoms with Gasteiger partial charge >= 0.3 is 203 Å². The summed E-state index contributed by atoms with van der Waals surface area (Å²) in [5.41, 5.74) is 9.77. The third-order valence-corrected chi connectivity index (χ3v) is 15.1. The fraction of sp³-hybridized carbons (Fsp3) is 0.452. The Balaban J connectivity index is 0.00000137. The SMILES string of the molecule is [CH2]=[Zr+2]([CH]1C=C(C2CCCCC2)c2ccccc21)[CH]1C=C(C2CCCCC2)c2ccccc21.[Cl-].[Cl-]. The van der Waals surface area contributed by atoms with Gasteiger partial charge in [0.15, 0.2) is 0 Å². The van der Waals surface area contributed by atoms with Crippen LogP contribution < -0.4 is 24.8 Å². The molecule has 2 atom stereocenters. The first kappa shape index (κ1) is 26.3. The molecule has 0 aromatic heterocycles. The van der Waals surface area contributed by atoms with Crippen molar-refractivity contribution in [3.8, 4) is 0 Å². The largest absolute Gasteiger partial charge is 1.00 e. The van der Waals surface area contributed by atoms with E-state index in [2.05, 4.69) is 60.7 Å². The second kappa shape index (κ2) is 11.5. The molecule has 2 aromatic carbocycles. The molecule has 6 rings (SSSR count). The summed E-state index contributed by atoms with van der Waals surface area (Å²) in [6.45, 7) is 0. The topological polar surface area (TPSA) is 0 Å². The molecular formula is C31H36Cl2Zr. The van der Waals surface area contributed by atoms with Crippen molar-refractivity contribution < 1.29 is 46.1 Å². The van der Waals surface area contributed by atoms with Crippen molar-refractivity contribution in [2.75, 3.05) is 0 Å². The first-order valence-electron chi connectivity index (χ1n) is 13.1. The van der Waals surface area contributed by atoms with Crippen LogP contribution in [0, 0.1) is 11.8 Å². The number of benzene rings is 2. The molecule has 2 aromatic rings. The predicted octanol–water partition coefficient (Wildman–Crippen LogP) is 2.48. The number of fused-ring (bicyclic) bond motifs is 2. The minimum atomic E-state index is -2.08. The van der Waals surface area contributed by atoms with Gasteiger partial charge in [-0.3, -0.25) is 0 Å². The third kappa shape index (κ3) is 4.79. The second-order valence-electron chi connectivity index (χ2n) is 10.6. The van der Waals surface area contributed by atoms with Crippen LogP contribution in [0.2, 0.25) is 0 Å². The predicted molar refractivity (Wildman–Crippen MR) is 135 cm³/mol. The van der Waals surface area contributed by atoms with Gasteiger partial charge in [-0.2, -0.15) is 0 Å². The molecule has 0 amide bonds. The number of rotatable bonds is 4. The van der Waals surface area contributed by atoms with Crippen molar-refractivity contribution in [3.63, 3.8) is 0 Å². The standard InChI is InChI=1S/2C15H17.CH2.2ClH.Zr/c2*1-2-6-12(7-3-1)15-11-10-13-8-4-5-9-14(13)15;;;;/h2*4-5,8-12H,1-3,6-7H2;1H2;2*1H;/q;;;;;+2/p-2. The maximum atomic E-state index is 5.07. The quantitative estimate of drug-likeness (QED) is 0.530. The van der Waals surface area contributed by atoms with Gasteiger partial charge in [0, 0.05) is 0 Å². The molecule has 0 aliphatic heterocycles. The van der Waals surface area contributed by atoms with E-state index in [1.807, 2.05) is 0 Å². The van der Waals surface area contributed by atoms with Gasteiger partial charge in [-0.15, -0.1) is 0 Å². The monoisotopic (exact) mass is 568 g/mol. The fourth-order valence-electron chi connectivity index (χ4n) is 7.13. The summed E-state index contributed by atoms with van der Waals surface area (Å²) < 4.78 is 6.33. The average molecular weight is 571 g/mol. The number of hydrogen-bond acceptors (Lipinski definition) is 0. The van der Waals surface area contributed by atoms with E-state index in [-0.39, 0.29) is 24.8 Å². The number of allylic oxidation sites excluding steroid dienone is 4. The van der Waals surface area contributed by atoms with Gasteiger partial charge in [0.05, 0.1) is 0 Å². The van der Waals surface area contributed by atoms with E-state index in [1.165, 1.54) is 64.2 Å². The van der Waals surface area contributed by atoms with Gasteiger partial charge in [0.2, 0.25) is 0 Å². The van der Waals surface area contributed by atoms with Crippen molar-refractivity contribution in [1.29, 1.82) is 0 Å². The molecule has 0 nitrogen and oxygen atoms in total. The Bertz CT molecular complexity index is 1000. The Morgan fingerprint density at radius 2 is 0.941 bits per heavy atom. The van der Waals surface area contributed by atoms with E-state index in [0.29, 0.717) is 7.25 Å². The van der Waals surface area contributed by atoms with Crippen molar-refractivity contribution >= 4 is 15.4 Å². The van der Waals surface area contributed by atoms with Crippen molar-refractivity contribution in [2.24, 2.45) is 11.8 Å². The maximum absolute atomic E-state index is 5.07. The summed E-state index contributed by atoms with van der Waals surface area (Å²) in [6, 6.07) is 18.8. The third-order valence-electron chi connectivity index (χ3n) is 8.80. The summed E-state index contributed by atoms with van der Waals surface area (Å²) >= 11 is -2.08. The molecular weight excluding hydrogens is 534 g/mol. The van der Waals surface area contributed by atoms with E-state index >= 15 is 0 Å². The summed E-state index contributed by atoms with van der Waals surface area (Å²) in [5.74, 6) is 1.57. The molecule has 2 fully saturated rings. The van der Waals surface area contributed by atoms with Gasteiger partial charge in [0.1, 0.15) is 0 Å². The molecule has 2 saturated carbocycles. The summed E-state index contributed by atoms with van der Waals surface area (Å²) in [6.07, 6.45) is 19.5. The van der Waals surface area contributed by atoms with Gasteiger partial charge in [-0.05, 0) is 0 Å². The van der Waals surface area contributed by atoms with Crippen molar-refractivity contribution in [1.82, 2.24) is 0 Å². The van der Waals surface area contributed by atoms with Crippen molar-refractivity contribution in [2.45, 2.75) is 71.5 Å². The van der Waals surface area contributed by atoms with Crippen LogP contribution in [0.3, 0.4) is 0 Å². The first-order chi connectivity index (χ1) is 15.8. The first-order valence-corrected chi connectivity index (χ1v) is 17.7. The minimum absolute atomic E-state index is 0. The van der Waals surface area contributed by atoms with E-state index in [0.717, 1.165) is 11.8 Å². The zero-order valence-corrected chi connectivity index (χ0v) is 24.1.